The van der Waals surface area contributed by atoms with Crippen molar-refractivity contribution in [3.8, 4) is 0 Å². The van der Waals surface area contributed by atoms with Crippen molar-refractivity contribution in [1.29, 1.82) is 0 Å². The van der Waals surface area contributed by atoms with Crippen molar-refractivity contribution in [1.82, 2.24) is 0 Å². The van der Waals surface area contributed by atoms with Crippen molar-refractivity contribution in [3.05, 3.63) is 30.3 Å². The molecule has 1 heteroatoms. The van der Waals surface area contributed by atoms with E-state index in [1.54, 1.807) is 12.5 Å². The van der Waals surface area contributed by atoms with Crippen LogP contribution in [0.1, 0.15) is 12.8 Å². The normalized spacial score (nSPS) is 21.1. The first-order chi connectivity index (χ1) is 5.81. The summed E-state index contributed by atoms with van der Waals surface area (Å²) < 4.78 is 4.90. The summed E-state index contributed by atoms with van der Waals surface area (Å²) in [6.45, 7) is 0. The minimum atomic E-state index is -1.70. The van der Waals surface area contributed by atoms with Crippen LogP contribution in [0, 0.1) is 0 Å². The van der Waals surface area contributed by atoms with Gasteiger partial charge in [-0.1, -0.05) is 0 Å². The Labute approximate surface area is 78.9 Å². The quantitative estimate of drug-likeness (QED) is 0.686. The van der Waals surface area contributed by atoms with Gasteiger partial charge in [0.2, 0.25) is 0 Å². The molecule has 2 rings (SSSR count). The van der Waals surface area contributed by atoms with Gasteiger partial charge in [0.15, 0.2) is 0 Å². The Hall–Kier alpha value is 0.0187. The fourth-order valence-corrected chi connectivity index (χ4v) is 13.4. The molecular weight excluding hydrogens is 251 g/mol. The molecule has 0 N–H and O–H groups in total. The molecule has 1 heterocycles. The summed E-state index contributed by atoms with van der Waals surface area (Å²) >= 11 is -1.70. The molecule has 0 aromatic heterocycles. The summed E-state index contributed by atoms with van der Waals surface area (Å²) in [7, 11) is 0. The Morgan fingerprint density at radius 3 is 2.17 bits per heavy atom. The summed E-state index contributed by atoms with van der Waals surface area (Å²) in [6, 6.07) is 11.3. The predicted octanol–water partition coefficient (Wildman–Crippen LogP) is 2.77. The van der Waals surface area contributed by atoms with Crippen molar-refractivity contribution in [2.75, 3.05) is 0 Å². The number of rotatable bonds is 1. The van der Waals surface area contributed by atoms with Crippen molar-refractivity contribution in [3.63, 3.8) is 0 Å². The van der Waals surface area contributed by atoms with E-state index in [-0.39, 0.29) is 0 Å². The molecule has 0 bridgehead atoms. The van der Waals surface area contributed by atoms with Gasteiger partial charge in [-0.05, 0) is 0 Å². The third-order valence-corrected chi connectivity index (χ3v) is 16.4. The van der Waals surface area contributed by atoms with Crippen LogP contribution >= 0.6 is 0 Å². The molecule has 0 saturated carbocycles. The molecule has 0 unspecified atom stereocenters. The first-order valence-corrected chi connectivity index (χ1v) is 13.2. The van der Waals surface area contributed by atoms with E-state index in [9.17, 15) is 0 Å². The molecule has 0 spiro atoms. The molecule has 12 heavy (non-hydrogen) atoms. The molecule has 1 aromatic carbocycles. The Morgan fingerprint density at radius 1 is 1.00 bits per heavy atom. The molecule has 1 aliphatic heterocycles. The number of benzene rings is 1. The van der Waals surface area contributed by atoms with Crippen LogP contribution in [0.5, 0.6) is 0 Å². The summed E-state index contributed by atoms with van der Waals surface area (Å²) in [6.07, 6.45) is 3.00. The van der Waals surface area contributed by atoms with Crippen LogP contribution in [-0.2, 0) is 0 Å². The molecule has 1 saturated heterocycles. The van der Waals surface area contributed by atoms with Crippen LogP contribution in [0.2, 0.25) is 13.8 Å². The van der Waals surface area contributed by atoms with Gasteiger partial charge in [0.25, 0.3) is 0 Å². The molecule has 1 fully saturated rings. The zero-order chi connectivity index (χ0) is 8.44. The van der Waals surface area contributed by atoms with E-state index in [4.69, 9.17) is 0 Å². The van der Waals surface area contributed by atoms with Gasteiger partial charge in [0.05, 0.1) is 0 Å². The van der Waals surface area contributed by atoms with E-state index in [0.717, 1.165) is 0 Å². The standard InChI is InChI=1S/C6H5.C4H8.CH3.Sn/c1-2-4-6-5-3-1;1-3-4-2;;/h1-5H;1-4H2;1H3;. The summed E-state index contributed by atoms with van der Waals surface area (Å²) in [5.74, 6) is 0. The van der Waals surface area contributed by atoms with Gasteiger partial charge >= 0.3 is 78.9 Å². The van der Waals surface area contributed by atoms with Gasteiger partial charge < -0.3 is 0 Å². The van der Waals surface area contributed by atoms with E-state index >= 15 is 0 Å². The Balaban J connectivity index is 2.29. The molecular formula is C11H16Sn. The Kier molecular flexibility index (Phi) is 2.44. The SMILES string of the molecule is [CH3][Sn]1([c]2ccccc2)[CH2]CC[CH2]1. The zero-order valence-electron chi connectivity index (χ0n) is 7.72. The second-order valence-corrected chi connectivity index (χ2v) is 17.5. The minimum absolute atomic E-state index is 1.50. The molecule has 0 radical (unpaired) electrons. The fourth-order valence-electron chi connectivity index (χ4n) is 2.28. The molecule has 0 atom stereocenters. The average Bonchev–Trinajstić information content (AvgIpc) is 2.55. The second-order valence-electron chi connectivity index (χ2n) is 4.13. The van der Waals surface area contributed by atoms with Crippen molar-refractivity contribution in [2.24, 2.45) is 0 Å². The summed E-state index contributed by atoms with van der Waals surface area (Å²) in [4.78, 5) is 2.61. The monoisotopic (exact) mass is 268 g/mol. The predicted molar refractivity (Wildman–Crippen MR) is 56.5 cm³/mol. The summed E-state index contributed by atoms with van der Waals surface area (Å²) in [5, 5.41) is 0. The average molecular weight is 267 g/mol. The van der Waals surface area contributed by atoms with E-state index in [0.29, 0.717) is 0 Å². The van der Waals surface area contributed by atoms with Crippen LogP contribution in [0.3, 0.4) is 0 Å². The topological polar surface area (TPSA) is 0 Å². The Bertz CT molecular complexity index is 247. The van der Waals surface area contributed by atoms with E-state index in [1.165, 1.54) is 12.8 Å². The van der Waals surface area contributed by atoms with E-state index in [2.05, 4.69) is 35.3 Å². The third-order valence-electron chi connectivity index (χ3n) is 3.18. The van der Waals surface area contributed by atoms with Gasteiger partial charge in [-0.3, -0.25) is 0 Å². The van der Waals surface area contributed by atoms with Crippen LogP contribution in [-0.4, -0.2) is 18.4 Å². The van der Waals surface area contributed by atoms with E-state index < -0.39 is 18.4 Å². The Morgan fingerprint density at radius 2 is 1.58 bits per heavy atom. The van der Waals surface area contributed by atoms with Crippen molar-refractivity contribution < 1.29 is 0 Å². The fraction of sp³-hybridized carbons (Fsp3) is 0.455. The van der Waals surface area contributed by atoms with Crippen LogP contribution < -0.4 is 3.58 Å². The van der Waals surface area contributed by atoms with Gasteiger partial charge in [-0.25, -0.2) is 0 Å². The molecule has 0 nitrogen and oxygen atoms in total. The van der Waals surface area contributed by atoms with Crippen molar-refractivity contribution >= 4 is 22.0 Å². The molecule has 0 amide bonds. The summed E-state index contributed by atoms with van der Waals surface area (Å²) in [5.41, 5.74) is 0. The maximum atomic E-state index is 2.61. The maximum absolute atomic E-state index is 2.61. The molecule has 0 aliphatic carbocycles. The van der Waals surface area contributed by atoms with Crippen molar-refractivity contribution in [2.45, 2.75) is 26.7 Å². The molecule has 1 aromatic rings. The third kappa shape index (κ3) is 1.54. The number of hydrogen-bond acceptors (Lipinski definition) is 0. The van der Waals surface area contributed by atoms with Gasteiger partial charge in [-0.15, -0.1) is 0 Å². The van der Waals surface area contributed by atoms with Crippen LogP contribution in [0.4, 0.5) is 0 Å². The van der Waals surface area contributed by atoms with Gasteiger partial charge in [0.1, 0.15) is 0 Å². The zero-order valence-corrected chi connectivity index (χ0v) is 10.6. The van der Waals surface area contributed by atoms with Crippen LogP contribution in [0.25, 0.3) is 0 Å². The van der Waals surface area contributed by atoms with E-state index in [1.807, 2.05) is 0 Å². The van der Waals surface area contributed by atoms with Gasteiger partial charge in [-0.2, -0.15) is 0 Å². The van der Waals surface area contributed by atoms with Crippen LogP contribution in [0.15, 0.2) is 30.3 Å². The molecule has 64 valence electrons. The van der Waals surface area contributed by atoms with Gasteiger partial charge in [0, 0.05) is 0 Å². The molecule has 1 aliphatic rings. The first kappa shape index (κ1) is 8.61. The number of hydrogen-bond donors (Lipinski definition) is 0. The first-order valence-electron chi connectivity index (χ1n) is 4.87. The second kappa shape index (κ2) is 3.41.